The highest BCUT2D eigenvalue weighted by molar-refractivity contribution is 7.90. The van der Waals surface area contributed by atoms with Crippen molar-refractivity contribution in [2.75, 3.05) is 13.1 Å². The van der Waals surface area contributed by atoms with Crippen molar-refractivity contribution < 1.29 is 14.5 Å². The Morgan fingerprint density at radius 1 is 1.30 bits per heavy atom. The van der Waals surface area contributed by atoms with Crippen molar-refractivity contribution >= 4 is 17.5 Å². The molecule has 1 saturated heterocycles. The molecule has 2 rings (SSSR count). The van der Waals surface area contributed by atoms with Crippen LogP contribution in [0.2, 0.25) is 0 Å². The number of benzene rings is 1. The Balaban J connectivity index is 2.13. The molecule has 2 unspecified atom stereocenters. The third kappa shape index (κ3) is 4.86. The third-order valence-electron chi connectivity index (χ3n) is 4.23. The first-order valence-corrected chi connectivity index (χ1v) is 9.15. The zero-order valence-corrected chi connectivity index (χ0v) is 14.8. The van der Waals surface area contributed by atoms with Gasteiger partial charge in [0.25, 0.3) is 0 Å². The van der Waals surface area contributed by atoms with E-state index in [4.69, 9.17) is 5.11 Å². The van der Waals surface area contributed by atoms with Crippen molar-refractivity contribution in [3.8, 4) is 0 Å². The van der Waals surface area contributed by atoms with Gasteiger partial charge in [-0.3, -0.25) is 0 Å². The lowest BCUT2D eigenvalue weighted by atomic mass is 9.86. The van der Waals surface area contributed by atoms with Crippen LogP contribution >= 0.6 is 0 Å². The molecule has 0 radical (unpaired) electrons. The second-order valence-electron chi connectivity index (χ2n) is 6.99. The topological polar surface area (TPSA) is 75.6 Å². The summed E-state index contributed by atoms with van der Waals surface area (Å²) in [5.41, 5.74) is 1.11. The van der Waals surface area contributed by atoms with E-state index in [-0.39, 0.29) is 16.7 Å². The number of likely N-dealkylation sites (tertiary alicyclic amines) is 1. The van der Waals surface area contributed by atoms with Crippen LogP contribution in [-0.2, 0) is 11.4 Å². The van der Waals surface area contributed by atoms with Crippen LogP contribution in [0.3, 0.4) is 0 Å². The molecule has 1 aliphatic heterocycles. The van der Waals surface area contributed by atoms with Crippen LogP contribution in [0, 0.1) is 5.92 Å². The van der Waals surface area contributed by atoms with E-state index in [1.165, 1.54) is 4.90 Å². The van der Waals surface area contributed by atoms with Gasteiger partial charge < -0.3 is 14.6 Å². The van der Waals surface area contributed by atoms with E-state index in [9.17, 15) is 9.35 Å². The first kappa shape index (κ1) is 18.1. The van der Waals surface area contributed by atoms with Gasteiger partial charge in [0.15, 0.2) is 0 Å². The molecule has 0 aliphatic carbocycles. The molecule has 0 spiro atoms. The number of hydrogen-bond acceptors (Lipinski definition) is 3. The lowest BCUT2D eigenvalue weighted by molar-refractivity contribution is 0.118. The summed E-state index contributed by atoms with van der Waals surface area (Å²) in [6.45, 7) is 6.92. The van der Waals surface area contributed by atoms with Gasteiger partial charge in [0.05, 0.1) is 6.04 Å². The molecule has 0 saturated carbocycles. The van der Waals surface area contributed by atoms with E-state index in [1.54, 1.807) is 0 Å². The van der Waals surface area contributed by atoms with E-state index in [0.717, 1.165) is 18.4 Å². The molecule has 1 aromatic rings. The molecule has 1 heterocycles. The lowest BCUT2D eigenvalue weighted by Gasteiger charge is -2.36. The zero-order chi connectivity index (χ0) is 17.0. The average molecular weight is 338 g/mol. The van der Waals surface area contributed by atoms with Crippen LogP contribution in [0.25, 0.3) is 0 Å². The highest BCUT2D eigenvalue weighted by Crippen LogP contribution is 2.32. The van der Waals surface area contributed by atoms with Crippen molar-refractivity contribution in [3.63, 3.8) is 0 Å². The highest BCUT2D eigenvalue weighted by Gasteiger charge is 2.35. The minimum absolute atomic E-state index is 0.0211. The first-order chi connectivity index (χ1) is 10.8. The summed E-state index contributed by atoms with van der Waals surface area (Å²) >= 11 is -1.17. The summed E-state index contributed by atoms with van der Waals surface area (Å²) in [6, 6.07) is 10.00. The standard InChI is InChI=1S/C17H26N2O3S/c1-17(2,3)23(22)18-15(13-7-5-4-6-8-13)14-9-11-19(12-10-14)16(20)21/h4-8,14-15,18H,9-12H2,1-3H3,(H,20,21). The minimum atomic E-state index is -1.17. The number of piperidine rings is 1. The number of carbonyl (C=O) groups is 1. The highest BCUT2D eigenvalue weighted by atomic mass is 32.2. The number of amides is 1. The summed E-state index contributed by atoms with van der Waals surface area (Å²) < 4.78 is 15.5. The van der Waals surface area contributed by atoms with Gasteiger partial charge in [0.1, 0.15) is 4.75 Å². The number of hydrogen-bond donors (Lipinski definition) is 2. The summed E-state index contributed by atoms with van der Waals surface area (Å²) in [6.07, 6.45) is 0.700. The molecule has 0 aromatic heterocycles. The Morgan fingerprint density at radius 2 is 1.87 bits per heavy atom. The average Bonchev–Trinajstić information content (AvgIpc) is 2.52. The van der Waals surface area contributed by atoms with Crippen molar-refractivity contribution in [2.24, 2.45) is 5.92 Å². The van der Waals surface area contributed by atoms with Gasteiger partial charge >= 0.3 is 6.09 Å². The molecular formula is C17H26N2O3S. The van der Waals surface area contributed by atoms with Gasteiger partial charge in [-0.1, -0.05) is 30.3 Å². The Morgan fingerprint density at radius 3 is 2.35 bits per heavy atom. The van der Waals surface area contributed by atoms with Crippen LogP contribution in [0.1, 0.15) is 45.2 Å². The fourth-order valence-electron chi connectivity index (χ4n) is 2.81. The predicted molar refractivity (Wildman–Crippen MR) is 92.5 cm³/mol. The molecular weight excluding hydrogens is 312 g/mol. The van der Waals surface area contributed by atoms with Gasteiger partial charge in [-0.2, -0.15) is 0 Å². The lowest BCUT2D eigenvalue weighted by Crippen LogP contribution is -2.46. The molecule has 23 heavy (non-hydrogen) atoms. The van der Waals surface area contributed by atoms with Crippen molar-refractivity contribution in [1.82, 2.24) is 9.62 Å². The summed E-state index contributed by atoms with van der Waals surface area (Å²) in [5.74, 6) is 0.277. The Labute approximate surface area is 141 Å². The van der Waals surface area contributed by atoms with Crippen LogP contribution in [0.15, 0.2) is 30.3 Å². The van der Waals surface area contributed by atoms with Gasteiger partial charge in [0, 0.05) is 24.5 Å². The fourth-order valence-corrected chi connectivity index (χ4v) is 3.73. The van der Waals surface area contributed by atoms with Crippen molar-refractivity contribution in [3.05, 3.63) is 35.9 Å². The van der Waals surface area contributed by atoms with Crippen molar-refractivity contribution in [1.29, 1.82) is 0 Å². The number of nitrogens with zero attached hydrogens (tertiary/aromatic N) is 1. The molecule has 2 atom stereocenters. The van der Waals surface area contributed by atoms with E-state index in [0.29, 0.717) is 13.1 Å². The fraction of sp³-hybridized carbons (Fsp3) is 0.588. The smallest absolute Gasteiger partial charge is 0.407 e. The maximum Gasteiger partial charge on any atom is 0.407 e. The second kappa shape index (κ2) is 7.55. The molecule has 1 fully saturated rings. The maximum atomic E-state index is 12.6. The van der Waals surface area contributed by atoms with Crippen LogP contribution in [-0.4, -0.2) is 38.5 Å². The minimum Gasteiger partial charge on any atom is -0.598 e. The van der Waals surface area contributed by atoms with Crippen LogP contribution in [0.4, 0.5) is 4.79 Å². The largest absolute Gasteiger partial charge is 0.598 e. The van der Waals surface area contributed by atoms with Gasteiger partial charge in [-0.25, -0.2) is 4.79 Å². The molecule has 0 bridgehead atoms. The van der Waals surface area contributed by atoms with E-state index in [1.807, 2.05) is 51.1 Å². The Hall–Kier alpha value is -1.24. The molecule has 1 aliphatic rings. The molecule has 1 aromatic carbocycles. The van der Waals surface area contributed by atoms with E-state index >= 15 is 0 Å². The van der Waals surface area contributed by atoms with Gasteiger partial charge in [-0.15, -0.1) is 4.72 Å². The predicted octanol–water partition coefficient (Wildman–Crippen LogP) is 3.17. The van der Waals surface area contributed by atoms with E-state index < -0.39 is 17.5 Å². The van der Waals surface area contributed by atoms with E-state index in [2.05, 4.69) is 4.72 Å². The Kier molecular flexibility index (Phi) is 5.95. The number of rotatable bonds is 4. The quantitative estimate of drug-likeness (QED) is 0.827. The van der Waals surface area contributed by atoms with Crippen LogP contribution in [0.5, 0.6) is 0 Å². The normalized spacial score (nSPS) is 19.4. The maximum absolute atomic E-state index is 12.6. The summed E-state index contributed by atoms with van der Waals surface area (Å²) in [4.78, 5) is 12.5. The van der Waals surface area contributed by atoms with Crippen molar-refractivity contribution in [2.45, 2.75) is 44.4 Å². The molecule has 2 N–H and O–H groups in total. The summed E-state index contributed by atoms with van der Waals surface area (Å²) in [7, 11) is 0. The first-order valence-electron chi connectivity index (χ1n) is 8.00. The van der Waals surface area contributed by atoms with Gasteiger partial charge in [-0.05, 0) is 45.1 Å². The number of nitrogens with one attached hydrogen (secondary N) is 1. The third-order valence-corrected chi connectivity index (χ3v) is 5.81. The molecule has 6 heteroatoms. The van der Waals surface area contributed by atoms with Crippen LogP contribution < -0.4 is 4.72 Å². The van der Waals surface area contributed by atoms with Gasteiger partial charge in [0.2, 0.25) is 0 Å². The summed E-state index contributed by atoms with van der Waals surface area (Å²) in [5, 5.41) is 9.09. The monoisotopic (exact) mass is 338 g/mol. The Bertz CT molecular complexity index is 510. The molecule has 128 valence electrons. The SMILES string of the molecule is CC(C)(C)[S+]([O-])NC(c1ccccc1)C1CCN(C(=O)O)CC1. The molecule has 1 amide bonds. The zero-order valence-electron chi connectivity index (χ0n) is 14.0. The molecule has 5 nitrogen and oxygen atoms in total. The number of carboxylic acid groups (broad SMARTS) is 1. The second-order valence-corrected chi connectivity index (χ2v) is 8.99.